The Balaban J connectivity index is 1.54. The van der Waals surface area contributed by atoms with Crippen molar-refractivity contribution in [1.82, 2.24) is 19.9 Å². The molecule has 2 aromatic heterocycles. The monoisotopic (exact) mass is 663 g/mol. The van der Waals surface area contributed by atoms with E-state index in [0.29, 0.717) is 97.7 Å². The van der Waals surface area contributed by atoms with E-state index in [0.717, 1.165) is 5.56 Å². The molecule has 2 N–H and O–H groups in total. The molecule has 44 heavy (non-hydrogen) atoms. The van der Waals surface area contributed by atoms with Gasteiger partial charge in [0.25, 0.3) is 0 Å². The van der Waals surface area contributed by atoms with E-state index in [1.807, 2.05) is 30.5 Å². The molecule has 1 unspecified atom stereocenters. The number of ether oxygens (including phenoxy) is 2. The quantitative estimate of drug-likeness (QED) is 0.244. The first-order chi connectivity index (χ1) is 20.9. The molecule has 2 aliphatic rings. The summed E-state index contributed by atoms with van der Waals surface area (Å²) in [6, 6.07) is 8.35. The molecular weight excluding hydrogens is 627 g/mol. The van der Waals surface area contributed by atoms with Gasteiger partial charge in [-0.25, -0.2) is 36.8 Å². The molecule has 1 aromatic carbocycles. The Kier molecular flexibility index (Phi) is 10.1. The van der Waals surface area contributed by atoms with E-state index in [4.69, 9.17) is 25.2 Å². The molecule has 0 radical (unpaired) electrons. The van der Waals surface area contributed by atoms with Gasteiger partial charge in [-0.15, -0.1) is 0 Å². The summed E-state index contributed by atoms with van der Waals surface area (Å²) in [5, 5.41) is 0.471. The van der Waals surface area contributed by atoms with Gasteiger partial charge in [-0.2, -0.15) is 0 Å². The van der Waals surface area contributed by atoms with Gasteiger partial charge in [0.15, 0.2) is 30.7 Å². The Bertz CT molecular complexity index is 1690. The Labute approximate surface area is 262 Å². The molecule has 0 saturated carbocycles. The Hall–Kier alpha value is -2.89. The molecule has 2 saturated heterocycles. The van der Waals surface area contributed by atoms with Crippen LogP contribution in [-0.4, -0.2) is 108 Å². The molecule has 2 fully saturated rings. The van der Waals surface area contributed by atoms with Gasteiger partial charge in [-0.05, 0) is 11.8 Å². The molecule has 0 bridgehead atoms. The number of morpholine rings is 2. The predicted molar refractivity (Wildman–Crippen MR) is 170 cm³/mol. The zero-order chi connectivity index (χ0) is 31.5. The number of anilines is 2. The van der Waals surface area contributed by atoms with Gasteiger partial charge >= 0.3 is 0 Å². The average molecular weight is 664 g/mol. The van der Waals surface area contributed by atoms with E-state index in [1.54, 1.807) is 6.07 Å². The van der Waals surface area contributed by atoms with Gasteiger partial charge < -0.3 is 25.0 Å². The molecule has 0 spiro atoms. The summed E-state index contributed by atoms with van der Waals surface area (Å²) < 4.78 is 60.2. The van der Waals surface area contributed by atoms with Crippen molar-refractivity contribution in [2.24, 2.45) is 5.73 Å². The third-order valence-corrected chi connectivity index (χ3v) is 9.39. The number of thioether (sulfide) groups is 1. The molecule has 0 amide bonds. The van der Waals surface area contributed by atoms with Crippen molar-refractivity contribution in [3.8, 4) is 11.4 Å². The number of hydrogen-bond acceptors (Lipinski definition) is 14. The third-order valence-electron chi connectivity index (χ3n) is 7.23. The van der Waals surface area contributed by atoms with Crippen LogP contribution in [0.1, 0.15) is 28.6 Å². The van der Waals surface area contributed by atoms with E-state index in [1.165, 1.54) is 24.3 Å². The summed E-state index contributed by atoms with van der Waals surface area (Å²) in [4.78, 5) is 22.8. The van der Waals surface area contributed by atoms with E-state index in [2.05, 4.69) is 19.8 Å². The lowest BCUT2D eigenvalue weighted by Crippen LogP contribution is -2.38. The summed E-state index contributed by atoms with van der Waals surface area (Å²) in [5.74, 6) is 1.17. The highest BCUT2D eigenvalue weighted by molar-refractivity contribution is 7.98. The van der Waals surface area contributed by atoms with Crippen molar-refractivity contribution in [2.75, 3.05) is 81.2 Å². The van der Waals surface area contributed by atoms with Gasteiger partial charge in [0.05, 0.1) is 55.4 Å². The largest absolute Gasteiger partial charge is 0.378 e. The van der Waals surface area contributed by atoms with Crippen molar-refractivity contribution in [3.05, 3.63) is 52.8 Å². The smallest absolute Gasteiger partial charge is 0.189 e. The molecular formula is C28H37N7O6S3. The third kappa shape index (κ3) is 8.22. The molecule has 2 aliphatic heterocycles. The van der Waals surface area contributed by atoms with Gasteiger partial charge in [-0.1, -0.05) is 36.0 Å². The van der Waals surface area contributed by atoms with Crippen LogP contribution < -0.4 is 15.5 Å². The summed E-state index contributed by atoms with van der Waals surface area (Å²) >= 11 is 1.34. The minimum atomic E-state index is -3.43. The molecule has 5 rings (SSSR count). The normalized spacial score (nSPS) is 17.1. The van der Waals surface area contributed by atoms with Crippen molar-refractivity contribution in [2.45, 2.75) is 22.7 Å². The predicted octanol–water partition coefficient (Wildman–Crippen LogP) is 1.47. The Morgan fingerprint density at radius 1 is 0.841 bits per heavy atom. The Morgan fingerprint density at radius 3 is 2.00 bits per heavy atom. The SMILES string of the molecule is CSc1nc(CS(C)(=O)=O)c(C(N)c2ccc(-c3nc(CS(C)(=O)=O)cc(N4CCOCC4)n3)cc2)c(N2CCOCC2)n1. The maximum atomic E-state index is 12.5. The van der Waals surface area contributed by atoms with Crippen LogP contribution in [-0.2, 0) is 40.7 Å². The van der Waals surface area contributed by atoms with E-state index in [9.17, 15) is 16.8 Å². The van der Waals surface area contributed by atoms with E-state index in [-0.39, 0.29) is 11.5 Å². The van der Waals surface area contributed by atoms with Crippen LogP contribution in [0.3, 0.4) is 0 Å². The number of sulfone groups is 2. The van der Waals surface area contributed by atoms with Gasteiger partial charge in [0, 0.05) is 55.9 Å². The van der Waals surface area contributed by atoms with Crippen LogP contribution in [0.15, 0.2) is 35.5 Å². The number of nitrogens with two attached hydrogens (primary N) is 1. The second-order valence-electron chi connectivity index (χ2n) is 10.9. The minimum Gasteiger partial charge on any atom is -0.378 e. The van der Waals surface area contributed by atoms with Crippen LogP contribution in [0, 0.1) is 0 Å². The van der Waals surface area contributed by atoms with Crippen LogP contribution in [0.25, 0.3) is 11.4 Å². The maximum Gasteiger partial charge on any atom is 0.189 e. The lowest BCUT2D eigenvalue weighted by Gasteiger charge is -2.32. The summed E-state index contributed by atoms with van der Waals surface area (Å²) in [5.41, 5.74) is 9.63. The topological polar surface area (TPSA) is 171 Å². The molecule has 3 aromatic rings. The number of nitrogens with zero attached hydrogens (tertiary/aromatic N) is 6. The fraction of sp³-hybridized carbons (Fsp3) is 0.500. The second kappa shape index (κ2) is 13.6. The number of rotatable bonds is 10. The summed E-state index contributed by atoms with van der Waals surface area (Å²) in [6.45, 7) is 4.62. The fourth-order valence-electron chi connectivity index (χ4n) is 5.18. The molecule has 238 valence electrons. The van der Waals surface area contributed by atoms with Crippen LogP contribution in [0.4, 0.5) is 11.6 Å². The van der Waals surface area contributed by atoms with Crippen molar-refractivity contribution < 1.29 is 26.3 Å². The van der Waals surface area contributed by atoms with Gasteiger partial charge in [0.1, 0.15) is 11.6 Å². The lowest BCUT2D eigenvalue weighted by molar-refractivity contribution is 0.122. The standard InChI is InChI=1S/C28H37N7O6S3/c1-42-28-31-22(18-44(3,38)39)24(27(33-28)35-10-14-41-15-11-35)25(29)19-4-6-20(7-5-19)26-30-21(17-43(2,36)37)16-23(32-26)34-8-12-40-13-9-34/h4-7,16,25H,8-15,17-18,29H2,1-3H3. The Morgan fingerprint density at radius 2 is 1.43 bits per heavy atom. The number of hydrogen-bond donors (Lipinski definition) is 1. The summed E-state index contributed by atoms with van der Waals surface area (Å²) in [6.07, 6.45) is 4.20. The highest BCUT2D eigenvalue weighted by Gasteiger charge is 2.28. The van der Waals surface area contributed by atoms with E-state index >= 15 is 0 Å². The summed E-state index contributed by atoms with van der Waals surface area (Å²) in [7, 11) is -6.76. The molecule has 4 heterocycles. The van der Waals surface area contributed by atoms with Crippen molar-refractivity contribution >= 4 is 43.1 Å². The van der Waals surface area contributed by atoms with Crippen LogP contribution >= 0.6 is 11.8 Å². The molecule has 1 atom stereocenters. The first-order valence-electron chi connectivity index (χ1n) is 14.1. The second-order valence-corrected chi connectivity index (χ2v) is 15.9. The number of aromatic nitrogens is 4. The van der Waals surface area contributed by atoms with Crippen LogP contribution in [0.5, 0.6) is 0 Å². The highest BCUT2D eigenvalue weighted by atomic mass is 32.2. The molecule has 13 nitrogen and oxygen atoms in total. The average Bonchev–Trinajstić information content (AvgIpc) is 2.99. The van der Waals surface area contributed by atoms with Crippen molar-refractivity contribution in [1.29, 1.82) is 0 Å². The number of benzene rings is 1. The zero-order valence-corrected chi connectivity index (χ0v) is 27.4. The first-order valence-corrected chi connectivity index (χ1v) is 19.4. The lowest BCUT2D eigenvalue weighted by atomic mass is 9.97. The maximum absolute atomic E-state index is 12.5. The van der Waals surface area contributed by atoms with Crippen LogP contribution in [0.2, 0.25) is 0 Å². The van der Waals surface area contributed by atoms with E-state index < -0.39 is 25.7 Å². The fourth-order valence-corrected chi connectivity index (χ4v) is 6.96. The molecule has 0 aliphatic carbocycles. The van der Waals surface area contributed by atoms with Crippen molar-refractivity contribution in [3.63, 3.8) is 0 Å². The first kappa shape index (κ1) is 32.5. The highest BCUT2D eigenvalue weighted by Crippen LogP contribution is 2.34. The molecule has 16 heteroatoms. The minimum absolute atomic E-state index is 0.206. The van der Waals surface area contributed by atoms with Gasteiger partial charge in [0.2, 0.25) is 0 Å². The zero-order valence-electron chi connectivity index (χ0n) is 25.0. The van der Waals surface area contributed by atoms with Gasteiger partial charge in [-0.3, -0.25) is 0 Å².